The number of carbonyl (C=O) groups excluding carboxylic acids is 2. The first-order valence-electron chi connectivity index (χ1n) is 7.05. The Morgan fingerprint density at radius 3 is 1.55 bits per heavy atom. The third-order valence-corrected chi connectivity index (χ3v) is 2.32. The number of hydrogen-bond acceptors (Lipinski definition) is 8. The molecule has 0 aromatic heterocycles. The number of hydrogen-bond donors (Lipinski definition) is 4. The molecule has 8 nitrogen and oxygen atoms in total. The minimum atomic E-state index is -0.523. The standard InChI is InChI=1S/C12H26N4O4/c1-3-5-9-13-15-19-11(17)7-8-12(18)20-16-14-10-6-4-2/h13-16H,3-10H2,1-2H3. The quantitative estimate of drug-likeness (QED) is 0.287. The first-order chi connectivity index (χ1) is 9.70. The first kappa shape index (κ1) is 18.8. The minimum absolute atomic E-state index is 0.0437. The highest BCUT2D eigenvalue weighted by Crippen LogP contribution is 1.93. The molecule has 0 aromatic carbocycles. The van der Waals surface area contributed by atoms with Gasteiger partial charge in [-0.15, -0.1) is 0 Å². The van der Waals surface area contributed by atoms with Crippen LogP contribution in [0.5, 0.6) is 0 Å². The summed E-state index contributed by atoms with van der Waals surface area (Å²) in [4.78, 5) is 31.8. The molecular formula is C12H26N4O4. The number of carbonyl (C=O) groups is 2. The van der Waals surface area contributed by atoms with Crippen LogP contribution in [0.1, 0.15) is 52.4 Å². The largest absolute Gasteiger partial charge is 0.356 e. The van der Waals surface area contributed by atoms with Crippen LogP contribution in [-0.2, 0) is 19.3 Å². The molecule has 0 saturated carbocycles. The average Bonchev–Trinajstić information content (AvgIpc) is 2.44. The Morgan fingerprint density at radius 1 is 0.800 bits per heavy atom. The van der Waals surface area contributed by atoms with Crippen LogP contribution in [0.4, 0.5) is 0 Å². The lowest BCUT2D eigenvalue weighted by molar-refractivity contribution is -0.160. The van der Waals surface area contributed by atoms with Crippen molar-refractivity contribution in [3.05, 3.63) is 0 Å². The molecule has 20 heavy (non-hydrogen) atoms. The lowest BCUT2D eigenvalue weighted by Crippen LogP contribution is -2.36. The molecule has 0 aliphatic rings. The fourth-order valence-corrected chi connectivity index (χ4v) is 1.12. The van der Waals surface area contributed by atoms with E-state index >= 15 is 0 Å². The van der Waals surface area contributed by atoms with Gasteiger partial charge in [0.15, 0.2) is 0 Å². The second-order valence-corrected chi connectivity index (χ2v) is 4.21. The van der Waals surface area contributed by atoms with Crippen LogP contribution in [0.25, 0.3) is 0 Å². The van der Waals surface area contributed by atoms with Crippen LogP contribution >= 0.6 is 0 Å². The monoisotopic (exact) mass is 290 g/mol. The molecule has 0 heterocycles. The Balaban J connectivity index is 3.37. The van der Waals surface area contributed by atoms with E-state index in [9.17, 15) is 9.59 Å². The second-order valence-electron chi connectivity index (χ2n) is 4.21. The lowest BCUT2D eigenvalue weighted by Gasteiger charge is -2.07. The van der Waals surface area contributed by atoms with E-state index in [0.29, 0.717) is 13.1 Å². The van der Waals surface area contributed by atoms with Gasteiger partial charge in [-0.1, -0.05) is 37.9 Å². The second kappa shape index (κ2) is 14.2. The van der Waals surface area contributed by atoms with Gasteiger partial charge >= 0.3 is 11.9 Å². The molecule has 0 aromatic rings. The molecule has 0 unspecified atom stereocenters. The Hall–Kier alpha value is -1.22. The zero-order valence-corrected chi connectivity index (χ0v) is 12.3. The van der Waals surface area contributed by atoms with Crippen LogP contribution in [0.15, 0.2) is 0 Å². The maximum absolute atomic E-state index is 11.2. The van der Waals surface area contributed by atoms with Gasteiger partial charge in [0.1, 0.15) is 0 Å². The predicted molar refractivity (Wildman–Crippen MR) is 73.5 cm³/mol. The summed E-state index contributed by atoms with van der Waals surface area (Å²) < 4.78 is 0. The van der Waals surface area contributed by atoms with Crippen molar-refractivity contribution in [1.82, 2.24) is 22.0 Å². The van der Waals surface area contributed by atoms with Crippen LogP contribution in [0.3, 0.4) is 0 Å². The predicted octanol–water partition coefficient (Wildman–Crippen LogP) is 0.472. The molecule has 118 valence electrons. The molecule has 0 aliphatic heterocycles. The molecule has 8 heteroatoms. The molecule has 0 saturated heterocycles. The van der Waals surface area contributed by atoms with Crippen molar-refractivity contribution in [3.63, 3.8) is 0 Å². The van der Waals surface area contributed by atoms with E-state index in [1.807, 2.05) is 0 Å². The third kappa shape index (κ3) is 13.2. The summed E-state index contributed by atoms with van der Waals surface area (Å²) in [6, 6.07) is 0. The number of unbranched alkanes of at least 4 members (excludes halogenated alkanes) is 2. The van der Waals surface area contributed by atoms with E-state index in [-0.39, 0.29) is 12.8 Å². The van der Waals surface area contributed by atoms with Crippen LogP contribution in [0.2, 0.25) is 0 Å². The van der Waals surface area contributed by atoms with Gasteiger partial charge in [-0.2, -0.15) is 0 Å². The molecule has 0 fully saturated rings. The fraction of sp³-hybridized carbons (Fsp3) is 0.833. The van der Waals surface area contributed by atoms with Gasteiger partial charge in [0.05, 0.1) is 12.8 Å². The summed E-state index contributed by atoms with van der Waals surface area (Å²) in [5, 5.41) is 0. The summed E-state index contributed by atoms with van der Waals surface area (Å²) in [5.41, 5.74) is 10.1. The van der Waals surface area contributed by atoms with Gasteiger partial charge in [0.2, 0.25) is 0 Å². The number of rotatable bonds is 13. The van der Waals surface area contributed by atoms with E-state index in [1.165, 1.54) is 0 Å². The Labute approximate surface area is 119 Å². The average molecular weight is 290 g/mol. The van der Waals surface area contributed by atoms with Crippen LogP contribution in [0, 0.1) is 0 Å². The van der Waals surface area contributed by atoms with Crippen molar-refractivity contribution >= 4 is 11.9 Å². The number of nitrogens with one attached hydrogen (secondary N) is 4. The van der Waals surface area contributed by atoms with Crippen molar-refractivity contribution in [2.75, 3.05) is 13.1 Å². The van der Waals surface area contributed by atoms with E-state index in [1.54, 1.807) is 0 Å². The lowest BCUT2D eigenvalue weighted by atomic mass is 10.3. The van der Waals surface area contributed by atoms with E-state index in [2.05, 4.69) is 45.6 Å². The third-order valence-electron chi connectivity index (χ3n) is 2.32. The zero-order valence-electron chi connectivity index (χ0n) is 12.3. The maximum atomic E-state index is 11.2. The van der Waals surface area contributed by atoms with Gasteiger partial charge < -0.3 is 9.68 Å². The first-order valence-corrected chi connectivity index (χ1v) is 7.05. The summed E-state index contributed by atoms with van der Waals surface area (Å²) in [6.45, 7) is 5.53. The normalized spacial score (nSPS) is 10.3. The van der Waals surface area contributed by atoms with Gasteiger partial charge in [-0.3, -0.25) is 9.59 Å². The van der Waals surface area contributed by atoms with Gasteiger partial charge in [0.25, 0.3) is 0 Å². The Bertz CT molecular complexity index is 238. The van der Waals surface area contributed by atoms with Gasteiger partial charge in [-0.05, 0) is 12.8 Å². The van der Waals surface area contributed by atoms with E-state index < -0.39 is 11.9 Å². The molecule has 0 bridgehead atoms. The molecule has 4 N–H and O–H groups in total. The Kier molecular flexibility index (Phi) is 13.3. The summed E-state index contributed by atoms with van der Waals surface area (Å²) in [7, 11) is 0. The van der Waals surface area contributed by atoms with Crippen molar-refractivity contribution in [3.8, 4) is 0 Å². The molecule has 0 amide bonds. The smallest absolute Gasteiger partial charge is 0.327 e. The highest BCUT2D eigenvalue weighted by atomic mass is 16.7. The van der Waals surface area contributed by atoms with E-state index in [4.69, 9.17) is 0 Å². The summed E-state index contributed by atoms with van der Waals surface area (Å²) in [5.74, 6) is -1.05. The Morgan fingerprint density at radius 2 is 1.20 bits per heavy atom. The molecule has 0 aliphatic carbocycles. The minimum Gasteiger partial charge on any atom is -0.356 e. The van der Waals surface area contributed by atoms with Crippen LogP contribution in [-0.4, -0.2) is 25.0 Å². The van der Waals surface area contributed by atoms with Crippen molar-refractivity contribution in [2.24, 2.45) is 0 Å². The summed E-state index contributed by atoms with van der Waals surface area (Å²) in [6.07, 6.45) is 3.97. The molecule has 0 rings (SSSR count). The topological polar surface area (TPSA) is 101 Å². The van der Waals surface area contributed by atoms with Gasteiger partial charge in [-0.25, -0.2) is 10.9 Å². The zero-order chi connectivity index (χ0) is 15.1. The molecule has 0 atom stereocenters. The van der Waals surface area contributed by atoms with Gasteiger partial charge in [0, 0.05) is 13.1 Å². The SMILES string of the molecule is CCCCNNOC(=O)CCC(=O)ONNCCCC. The van der Waals surface area contributed by atoms with Crippen molar-refractivity contribution in [1.29, 1.82) is 0 Å². The fourth-order valence-electron chi connectivity index (χ4n) is 1.12. The molecule has 0 radical (unpaired) electrons. The highest BCUT2D eigenvalue weighted by molar-refractivity contribution is 5.77. The summed E-state index contributed by atoms with van der Waals surface area (Å²) >= 11 is 0. The highest BCUT2D eigenvalue weighted by Gasteiger charge is 2.09. The molecular weight excluding hydrogens is 264 g/mol. The van der Waals surface area contributed by atoms with Crippen molar-refractivity contribution < 1.29 is 19.3 Å². The van der Waals surface area contributed by atoms with E-state index in [0.717, 1.165) is 25.7 Å². The van der Waals surface area contributed by atoms with Crippen molar-refractivity contribution in [2.45, 2.75) is 52.4 Å². The molecule has 0 spiro atoms. The number of hydrazine groups is 2. The van der Waals surface area contributed by atoms with Crippen LogP contribution < -0.4 is 22.0 Å². The maximum Gasteiger partial charge on any atom is 0.327 e.